The van der Waals surface area contributed by atoms with Crippen LogP contribution in [0, 0.1) is 0 Å². The summed E-state index contributed by atoms with van der Waals surface area (Å²) in [5.41, 5.74) is 4.92. The Kier molecular flexibility index (Phi) is 8.99. The number of hydrogen-bond donors (Lipinski definition) is 2. The molecule has 0 aromatic heterocycles. The van der Waals surface area contributed by atoms with Crippen LogP contribution < -0.4 is 11.5 Å². The molecule has 0 aliphatic carbocycles. The predicted octanol–water partition coefficient (Wildman–Crippen LogP) is 0.212. The van der Waals surface area contributed by atoms with Crippen molar-refractivity contribution in [3.63, 3.8) is 0 Å². The number of hydrogen-bond acceptors (Lipinski definition) is 8. The summed E-state index contributed by atoms with van der Waals surface area (Å²) in [4.78, 5) is 22.7. The fourth-order valence-corrected chi connectivity index (χ4v) is 1.65. The summed E-state index contributed by atoms with van der Waals surface area (Å²) >= 11 is 0. The molecule has 0 heterocycles. The molecule has 4 N–H and O–H groups in total. The summed E-state index contributed by atoms with van der Waals surface area (Å²) in [5.74, 6) is -2.74. The Labute approximate surface area is 135 Å². The third-order valence-corrected chi connectivity index (χ3v) is 2.60. The van der Waals surface area contributed by atoms with E-state index in [1.165, 1.54) is 0 Å². The number of rotatable bonds is 7. The van der Waals surface area contributed by atoms with Gasteiger partial charge in [-0.2, -0.15) is 0 Å². The molecule has 0 amide bonds. The Hall–Kier alpha value is 0.140. The minimum absolute atomic E-state index is 0. The maximum atomic E-state index is 11.3. The lowest BCUT2D eigenvalue weighted by Gasteiger charge is -2.10. The summed E-state index contributed by atoms with van der Waals surface area (Å²) in [6, 6.07) is -5.67. The van der Waals surface area contributed by atoms with Crippen molar-refractivity contribution in [3.05, 3.63) is 0 Å². The first-order valence-corrected chi connectivity index (χ1v) is 5.94. The van der Waals surface area contributed by atoms with E-state index >= 15 is 0 Å². The predicted molar refractivity (Wildman–Crippen MR) is 79.4 cm³/mol. The minimum atomic E-state index is -2.83. The van der Waals surface area contributed by atoms with E-state index in [2.05, 4.69) is 9.47 Å². The average molecular weight is 347 g/mol. The van der Waals surface area contributed by atoms with E-state index in [9.17, 15) is 9.59 Å². The molecule has 6 nitrogen and oxygen atoms in total. The molecule has 0 aliphatic heterocycles. The maximum absolute atomic E-state index is 11.3. The zero-order valence-corrected chi connectivity index (χ0v) is 12.7. The molecule has 18 heavy (non-hydrogen) atoms. The van der Waals surface area contributed by atoms with E-state index in [0.717, 1.165) is 14.2 Å². The second-order valence-electron chi connectivity index (χ2n) is 2.18. The topological polar surface area (TPSA) is 105 Å². The van der Waals surface area contributed by atoms with E-state index in [1.807, 2.05) is 0 Å². The van der Waals surface area contributed by atoms with Crippen LogP contribution in [-0.2, 0) is 19.1 Å². The van der Waals surface area contributed by atoms with Crippen molar-refractivity contribution in [1.82, 2.24) is 0 Å². The van der Waals surface area contributed by atoms with Gasteiger partial charge < -0.3 is 20.9 Å². The lowest BCUT2D eigenvalue weighted by Crippen LogP contribution is -2.34. The standard InChI is InChI=1S/C8H16N2O4S2.2ClH/c1-13-7(11)5(9)3-15-16-4-6(10)8(12)14-2;;/h5-6H,3-4,9-10H2,1-2H3;2*1H/t5-,6-;;/m0../s1/i3D2,4D2,5D,6D;;. The highest BCUT2D eigenvalue weighted by molar-refractivity contribution is 8.76. The SMILES string of the molecule is Cl.Cl.[2H]C([2H])(SSC([2H])([2H])[C@]([2H])(N)C(=O)OC)[C@]([2H])(N)C(=O)OC. The van der Waals surface area contributed by atoms with Crippen LogP contribution >= 0.6 is 46.4 Å². The molecule has 2 atom stereocenters. The second kappa shape index (κ2) is 13.6. The number of methoxy groups -OCH3 is 2. The van der Waals surface area contributed by atoms with Gasteiger partial charge in [-0.1, -0.05) is 21.6 Å². The number of nitrogens with two attached hydrogens (primary N) is 2. The molecular weight excluding hydrogens is 323 g/mol. The maximum Gasteiger partial charge on any atom is 0.323 e. The van der Waals surface area contributed by atoms with Crippen molar-refractivity contribution in [2.75, 3.05) is 25.6 Å². The van der Waals surface area contributed by atoms with Crippen LogP contribution in [0.4, 0.5) is 0 Å². The normalized spacial score (nSPS) is 22.4. The first-order valence-electron chi connectivity index (χ1n) is 6.79. The van der Waals surface area contributed by atoms with E-state index < -0.39 is 35.4 Å². The third kappa shape index (κ3) is 10.1. The summed E-state index contributed by atoms with van der Waals surface area (Å²) < 4.78 is 53.9. The van der Waals surface area contributed by atoms with Gasteiger partial charge in [-0.3, -0.25) is 9.59 Å². The Morgan fingerprint density at radius 1 is 1.11 bits per heavy atom. The molecule has 0 bridgehead atoms. The molecule has 0 rings (SSSR count). The van der Waals surface area contributed by atoms with Crippen molar-refractivity contribution in [2.45, 2.75) is 12.0 Å². The molecule has 0 unspecified atom stereocenters. The molecule has 110 valence electrons. The highest BCUT2D eigenvalue weighted by Gasteiger charge is 2.16. The van der Waals surface area contributed by atoms with Crippen molar-refractivity contribution < 1.29 is 27.3 Å². The second-order valence-corrected chi connectivity index (χ2v) is 3.92. The summed E-state index contributed by atoms with van der Waals surface area (Å²) in [7, 11) is 1.92. The number of halogens is 2. The van der Waals surface area contributed by atoms with Crippen molar-refractivity contribution >= 4 is 58.3 Å². The van der Waals surface area contributed by atoms with Gasteiger partial charge in [0.2, 0.25) is 0 Å². The first-order chi connectivity index (χ1) is 9.67. The van der Waals surface area contributed by atoms with E-state index in [4.69, 9.17) is 19.7 Å². The fraction of sp³-hybridized carbons (Fsp3) is 0.750. The van der Waals surface area contributed by atoms with Gasteiger partial charge in [0.25, 0.3) is 0 Å². The van der Waals surface area contributed by atoms with E-state index in [0.29, 0.717) is 0 Å². The molecule has 0 spiro atoms. The first kappa shape index (κ1) is 11.9. The Morgan fingerprint density at radius 3 is 1.61 bits per heavy atom. The molecule has 0 saturated heterocycles. The van der Waals surface area contributed by atoms with Gasteiger partial charge in [0.15, 0.2) is 0 Å². The molecule has 10 heteroatoms. The fourth-order valence-electron chi connectivity index (χ4n) is 0.435. The number of carbonyl (C=O) groups excluding carboxylic acids is 2. The van der Waals surface area contributed by atoms with Crippen LogP contribution in [0.5, 0.6) is 0 Å². The van der Waals surface area contributed by atoms with Crippen LogP contribution in [0.2, 0.25) is 0 Å². The zero-order valence-electron chi connectivity index (χ0n) is 15.4. The van der Waals surface area contributed by atoms with E-state index in [1.54, 1.807) is 0 Å². The highest BCUT2D eigenvalue weighted by Crippen LogP contribution is 2.22. The van der Waals surface area contributed by atoms with Crippen molar-refractivity contribution in [1.29, 1.82) is 0 Å². The van der Waals surface area contributed by atoms with Crippen LogP contribution in [0.3, 0.4) is 0 Å². The van der Waals surface area contributed by atoms with Crippen LogP contribution in [0.25, 0.3) is 0 Å². The van der Waals surface area contributed by atoms with Crippen molar-refractivity contribution in [2.24, 2.45) is 11.5 Å². The third-order valence-electron chi connectivity index (χ3n) is 1.16. The molecule has 0 fully saturated rings. The van der Waals surface area contributed by atoms with Crippen molar-refractivity contribution in [3.8, 4) is 0 Å². The van der Waals surface area contributed by atoms with Crippen LogP contribution in [0.1, 0.15) is 8.22 Å². The number of esters is 2. The van der Waals surface area contributed by atoms with Gasteiger partial charge in [-0.15, -0.1) is 24.8 Å². The Bertz CT molecular complexity index is 418. The molecular formula is C8H18Cl2N2O4S2. The molecule has 0 radical (unpaired) electrons. The molecule has 0 aromatic carbocycles. The zero-order chi connectivity index (χ0) is 18.0. The highest BCUT2D eigenvalue weighted by atomic mass is 35.5. The summed E-state index contributed by atoms with van der Waals surface area (Å²) in [6.07, 6.45) is 0. The molecule has 0 aliphatic rings. The van der Waals surface area contributed by atoms with Gasteiger partial charge >= 0.3 is 11.9 Å². The van der Waals surface area contributed by atoms with Crippen LogP contribution in [-0.4, -0.2) is 49.6 Å². The summed E-state index contributed by atoms with van der Waals surface area (Å²) in [5, 5.41) is 0. The van der Waals surface area contributed by atoms with Gasteiger partial charge in [0, 0.05) is 16.9 Å². The lowest BCUT2D eigenvalue weighted by molar-refractivity contribution is -0.142. The Balaban J connectivity index is -0.00000220. The average Bonchev–Trinajstić information content (AvgIpc) is 2.42. The monoisotopic (exact) mass is 346 g/mol. The largest absolute Gasteiger partial charge is 0.468 e. The van der Waals surface area contributed by atoms with Gasteiger partial charge in [0.1, 0.15) is 12.0 Å². The summed E-state index contributed by atoms with van der Waals surface area (Å²) in [6.45, 7) is 0. The quantitative estimate of drug-likeness (QED) is 0.498. The number of ether oxygens (including phenoxy) is 2. The minimum Gasteiger partial charge on any atom is -0.468 e. The smallest absolute Gasteiger partial charge is 0.323 e. The molecule has 0 aromatic rings. The van der Waals surface area contributed by atoms with E-state index in [-0.39, 0.29) is 46.4 Å². The van der Waals surface area contributed by atoms with Gasteiger partial charge in [0.05, 0.1) is 17.0 Å². The molecule has 0 saturated carbocycles. The van der Waals surface area contributed by atoms with Gasteiger partial charge in [-0.05, 0) is 0 Å². The van der Waals surface area contributed by atoms with Crippen LogP contribution in [0.15, 0.2) is 0 Å². The lowest BCUT2D eigenvalue weighted by atomic mass is 10.4. The number of carbonyl (C=O) groups is 2. The van der Waals surface area contributed by atoms with Gasteiger partial charge in [-0.25, -0.2) is 0 Å². The Morgan fingerprint density at radius 2 is 1.39 bits per heavy atom.